The average Bonchev–Trinajstić information content (AvgIpc) is 3.13. The number of rotatable bonds is 11. The van der Waals surface area contributed by atoms with Crippen molar-refractivity contribution < 1.29 is 29.0 Å². The van der Waals surface area contributed by atoms with Crippen LogP contribution in [0.2, 0.25) is 0 Å². The molecule has 2 aromatic carbocycles. The van der Waals surface area contributed by atoms with Crippen molar-refractivity contribution in [3.63, 3.8) is 0 Å². The zero-order valence-electron chi connectivity index (χ0n) is 19.8. The van der Waals surface area contributed by atoms with Gasteiger partial charge in [0.2, 0.25) is 5.91 Å². The van der Waals surface area contributed by atoms with E-state index in [-0.39, 0.29) is 44.0 Å². The number of carbonyl (C=O) groups is 3. The highest BCUT2D eigenvalue weighted by molar-refractivity contribution is 5.86. The Morgan fingerprint density at radius 3 is 2.15 bits per heavy atom. The molecule has 0 saturated heterocycles. The van der Waals surface area contributed by atoms with Gasteiger partial charge in [0.15, 0.2) is 0 Å². The summed E-state index contributed by atoms with van der Waals surface area (Å²) in [4.78, 5) is 38.2. The minimum absolute atomic E-state index is 0.0226. The lowest BCUT2D eigenvalue weighted by atomic mass is 9.98. The number of carboxylic acid groups (broad SMARTS) is 1. The fraction of sp³-hybridized carbons (Fsp3) is 0.423. The molecule has 182 valence electrons. The molecule has 34 heavy (non-hydrogen) atoms. The van der Waals surface area contributed by atoms with Gasteiger partial charge < -0.3 is 24.8 Å². The molecule has 3 rings (SSSR count). The number of aliphatic carboxylic acids is 1. The molecular formula is C26H32N2O6. The summed E-state index contributed by atoms with van der Waals surface area (Å²) in [6, 6.07) is 15.0. The number of ether oxygens (including phenoxy) is 2. The number of nitrogens with one attached hydrogen (secondary N) is 1. The van der Waals surface area contributed by atoms with E-state index in [1.54, 1.807) is 4.90 Å². The van der Waals surface area contributed by atoms with Gasteiger partial charge >= 0.3 is 12.1 Å². The molecule has 1 aliphatic carbocycles. The van der Waals surface area contributed by atoms with Gasteiger partial charge in [0.05, 0.1) is 6.61 Å². The average molecular weight is 469 g/mol. The number of alkyl carbamates (subject to hydrolysis) is 1. The lowest BCUT2D eigenvalue weighted by molar-refractivity contribution is -0.139. The van der Waals surface area contributed by atoms with Crippen LogP contribution in [0.3, 0.4) is 0 Å². The minimum Gasteiger partial charge on any atom is -0.481 e. The van der Waals surface area contributed by atoms with Crippen LogP contribution in [0.4, 0.5) is 4.79 Å². The Balaban J connectivity index is 1.65. The maximum Gasteiger partial charge on any atom is 0.407 e. The van der Waals surface area contributed by atoms with Gasteiger partial charge in [-0.3, -0.25) is 9.59 Å². The second-order valence-electron chi connectivity index (χ2n) is 8.60. The van der Waals surface area contributed by atoms with Crippen LogP contribution < -0.4 is 5.32 Å². The molecule has 0 aliphatic heterocycles. The maximum atomic E-state index is 13.1. The third kappa shape index (κ3) is 5.94. The number of fused-ring (bicyclic) bond motifs is 3. The molecule has 0 radical (unpaired) electrons. The molecule has 2 amide bonds. The molecule has 0 heterocycles. The smallest absolute Gasteiger partial charge is 0.407 e. The molecule has 0 bridgehead atoms. The van der Waals surface area contributed by atoms with E-state index in [0.29, 0.717) is 6.42 Å². The summed E-state index contributed by atoms with van der Waals surface area (Å²) in [5.41, 5.74) is 4.47. The second kappa shape index (κ2) is 11.7. The normalized spacial score (nSPS) is 13.2. The van der Waals surface area contributed by atoms with Crippen LogP contribution in [0, 0.1) is 0 Å². The topological polar surface area (TPSA) is 105 Å². The number of methoxy groups -OCH3 is 1. The van der Waals surface area contributed by atoms with Gasteiger partial charge in [-0.15, -0.1) is 0 Å². The number of nitrogens with zero attached hydrogens (tertiary/aromatic N) is 1. The zero-order valence-corrected chi connectivity index (χ0v) is 19.8. The molecule has 1 atom stereocenters. The van der Waals surface area contributed by atoms with E-state index in [9.17, 15) is 14.4 Å². The van der Waals surface area contributed by atoms with Crippen molar-refractivity contribution in [2.24, 2.45) is 0 Å². The highest BCUT2D eigenvalue weighted by atomic mass is 16.5. The van der Waals surface area contributed by atoms with Crippen LogP contribution in [0.5, 0.6) is 0 Å². The Kier molecular flexibility index (Phi) is 8.65. The first-order chi connectivity index (χ1) is 16.3. The Morgan fingerprint density at radius 2 is 1.62 bits per heavy atom. The monoisotopic (exact) mass is 468 g/mol. The molecule has 0 saturated carbocycles. The Hall–Kier alpha value is -3.39. The predicted octanol–water partition coefficient (Wildman–Crippen LogP) is 3.64. The van der Waals surface area contributed by atoms with Crippen molar-refractivity contribution in [3.05, 3.63) is 59.7 Å². The molecule has 2 aromatic rings. The third-order valence-corrected chi connectivity index (χ3v) is 5.96. The molecule has 0 aromatic heterocycles. The Bertz CT molecular complexity index is 976. The van der Waals surface area contributed by atoms with Crippen LogP contribution in [0.1, 0.15) is 43.7 Å². The van der Waals surface area contributed by atoms with Gasteiger partial charge in [0.1, 0.15) is 12.6 Å². The molecule has 2 N–H and O–H groups in total. The first-order valence-electron chi connectivity index (χ1n) is 11.5. The van der Waals surface area contributed by atoms with Gasteiger partial charge in [0.25, 0.3) is 0 Å². The van der Waals surface area contributed by atoms with Gasteiger partial charge in [-0.25, -0.2) is 4.79 Å². The first kappa shape index (κ1) is 25.2. The lowest BCUT2D eigenvalue weighted by Gasteiger charge is -2.30. The largest absolute Gasteiger partial charge is 0.481 e. The summed E-state index contributed by atoms with van der Waals surface area (Å²) < 4.78 is 10.7. The van der Waals surface area contributed by atoms with Crippen molar-refractivity contribution in [1.82, 2.24) is 10.2 Å². The van der Waals surface area contributed by atoms with Gasteiger partial charge in [-0.2, -0.15) is 0 Å². The van der Waals surface area contributed by atoms with Gasteiger partial charge in [0, 0.05) is 32.0 Å². The number of hydrogen-bond acceptors (Lipinski definition) is 5. The number of hydrogen-bond donors (Lipinski definition) is 2. The van der Waals surface area contributed by atoms with Crippen molar-refractivity contribution in [2.45, 2.75) is 44.7 Å². The highest BCUT2D eigenvalue weighted by Gasteiger charge is 2.31. The van der Waals surface area contributed by atoms with E-state index < -0.39 is 18.1 Å². The third-order valence-electron chi connectivity index (χ3n) is 5.96. The van der Waals surface area contributed by atoms with Crippen molar-refractivity contribution in [1.29, 1.82) is 0 Å². The van der Waals surface area contributed by atoms with E-state index in [0.717, 1.165) is 22.3 Å². The molecule has 1 aliphatic rings. The van der Waals surface area contributed by atoms with Gasteiger partial charge in [-0.1, -0.05) is 48.5 Å². The van der Waals surface area contributed by atoms with E-state index in [4.69, 9.17) is 14.6 Å². The second-order valence-corrected chi connectivity index (χ2v) is 8.60. The summed E-state index contributed by atoms with van der Waals surface area (Å²) in [5.74, 6) is -1.34. The molecule has 0 spiro atoms. The molecule has 1 unspecified atom stereocenters. The van der Waals surface area contributed by atoms with E-state index in [1.165, 1.54) is 7.11 Å². The van der Waals surface area contributed by atoms with Crippen LogP contribution in [0.15, 0.2) is 48.5 Å². The van der Waals surface area contributed by atoms with Crippen LogP contribution in [0.25, 0.3) is 11.1 Å². The fourth-order valence-corrected chi connectivity index (χ4v) is 4.35. The van der Waals surface area contributed by atoms with Crippen molar-refractivity contribution in [2.75, 3.05) is 26.9 Å². The van der Waals surface area contributed by atoms with E-state index in [2.05, 4.69) is 17.4 Å². The molecule has 0 fully saturated rings. The first-order valence-corrected chi connectivity index (χ1v) is 11.5. The minimum atomic E-state index is -0.937. The fourth-order valence-electron chi connectivity index (χ4n) is 4.35. The standard InChI is InChI=1S/C26H32N2O6/c1-17(2)28(14-8-13-24(29)30)25(31)23(16-33-3)27-26(32)34-15-22-20-11-6-4-9-18(20)19-10-5-7-12-21(19)22/h4-7,9-12,17,22-23H,8,13-16H2,1-3H3,(H,27,32)(H,29,30). The van der Waals surface area contributed by atoms with Crippen molar-refractivity contribution >= 4 is 18.0 Å². The van der Waals surface area contributed by atoms with E-state index in [1.807, 2.05) is 50.2 Å². The summed E-state index contributed by atoms with van der Waals surface area (Å²) >= 11 is 0. The van der Waals surface area contributed by atoms with Gasteiger partial charge in [-0.05, 0) is 42.5 Å². The summed E-state index contributed by atoms with van der Waals surface area (Å²) in [7, 11) is 1.45. The van der Waals surface area contributed by atoms with E-state index >= 15 is 0 Å². The SMILES string of the molecule is COCC(NC(=O)OCC1c2ccccc2-c2ccccc21)C(=O)N(CCCC(=O)O)C(C)C. The summed E-state index contributed by atoms with van der Waals surface area (Å²) in [5, 5.41) is 11.5. The maximum absolute atomic E-state index is 13.1. The number of carboxylic acids is 1. The Morgan fingerprint density at radius 1 is 1.03 bits per heavy atom. The predicted molar refractivity (Wildman–Crippen MR) is 128 cm³/mol. The highest BCUT2D eigenvalue weighted by Crippen LogP contribution is 2.44. The summed E-state index contributed by atoms with van der Waals surface area (Å²) in [6.45, 7) is 4.08. The molecule has 8 heteroatoms. The molecule has 8 nitrogen and oxygen atoms in total. The zero-order chi connectivity index (χ0) is 24.7. The quantitative estimate of drug-likeness (QED) is 0.522. The molecular weight excluding hydrogens is 436 g/mol. The number of amides is 2. The van der Waals surface area contributed by atoms with Crippen molar-refractivity contribution in [3.8, 4) is 11.1 Å². The van der Waals surface area contributed by atoms with Crippen LogP contribution in [-0.4, -0.2) is 66.9 Å². The lowest BCUT2D eigenvalue weighted by Crippen LogP contribution is -2.53. The van der Waals surface area contributed by atoms with Crippen LogP contribution >= 0.6 is 0 Å². The summed E-state index contributed by atoms with van der Waals surface area (Å²) in [6.07, 6.45) is -0.415. The Labute approximate surface area is 199 Å². The number of carbonyl (C=O) groups excluding carboxylic acids is 2. The number of benzene rings is 2. The van der Waals surface area contributed by atoms with Crippen LogP contribution in [-0.2, 0) is 19.1 Å².